The number of esters is 2. The van der Waals surface area contributed by atoms with Gasteiger partial charge in [0, 0.05) is 18.4 Å². The van der Waals surface area contributed by atoms with E-state index in [4.69, 9.17) is 24.7 Å². The minimum absolute atomic E-state index is 0.0423. The third kappa shape index (κ3) is 3.13. The molecular weight excluding hydrogens is 380 g/mol. The Labute approximate surface area is 167 Å². The van der Waals surface area contributed by atoms with Crippen LogP contribution in [0.2, 0.25) is 0 Å². The Kier molecular flexibility index (Phi) is 5.60. The quantitative estimate of drug-likeness (QED) is 0.535. The molecule has 1 aromatic rings. The number of ether oxygens (including phenoxy) is 4. The van der Waals surface area contributed by atoms with Crippen LogP contribution in [-0.2, 0) is 38.7 Å². The van der Waals surface area contributed by atoms with Gasteiger partial charge in [-0.3, -0.25) is 4.79 Å². The first-order chi connectivity index (χ1) is 13.9. The standard InChI is InChI=1S/C20H22N2O7/c1-4-27-18(24)15-16(21)29-11(2)14(17(23)28-10-9-26-3)20(15)12-7-5-6-8-13(12)22-19(20)25/h5-8H,4,9-10,21H2,1-3H3,(H,22,25)/t20-/m1/s1. The molecule has 1 aromatic carbocycles. The summed E-state index contributed by atoms with van der Waals surface area (Å²) in [6.07, 6.45) is 0. The van der Waals surface area contributed by atoms with Crippen molar-refractivity contribution in [3.8, 4) is 0 Å². The maximum absolute atomic E-state index is 13.3. The zero-order chi connectivity index (χ0) is 21.2. The van der Waals surface area contributed by atoms with Gasteiger partial charge in [-0.05, 0) is 19.9 Å². The van der Waals surface area contributed by atoms with Gasteiger partial charge in [0.15, 0.2) is 0 Å². The van der Waals surface area contributed by atoms with Crippen molar-refractivity contribution in [1.29, 1.82) is 0 Å². The summed E-state index contributed by atoms with van der Waals surface area (Å²) in [4.78, 5) is 39.2. The van der Waals surface area contributed by atoms with Crippen molar-refractivity contribution < 1.29 is 33.3 Å². The first-order valence-electron chi connectivity index (χ1n) is 9.03. The van der Waals surface area contributed by atoms with Gasteiger partial charge in [-0.1, -0.05) is 18.2 Å². The SMILES string of the molecule is CCOC(=O)C1=C(N)OC(C)=C(C(=O)OCCOC)[C@@]12C(=O)Nc1ccccc12. The van der Waals surface area contributed by atoms with Gasteiger partial charge >= 0.3 is 11.9 Å². The van der Waals surface area contributed by atoms with E-state index in [1.807, 2.05) is 0 Å². The fourth-order valence-electron chi connectivity index (χ4n) is 3.64. The van der Waals surface area contributed by atoms with Gasteiger partial charge in [0.05, 0.1) is 13.2 Å². The second kappa shape index (κ2) is 7.96. The fraction of sp³-hybridized carbons (Fsp3) is 0.350. The van der Waals surface area contributed by atoms with Crippen molar-refractivity contribution in [3.63, 3.8) is 0 Å². The summed E-state index contributed by atoms with van der Waals surface area (Å²) < 4.78 is 20.8. The Balaban J connectivity index is 2.25. The van der Waals surface area contributed by atoms with Crippen LogP contribution in [0.4, 0.5) is 5.69 Å². The molecule has 2 aliphatic rings. The van der Waals surface area contributed by atoms with E-state index in [-0.39, 0.29) is 42.6 Å². The number of hydrogen-bond acceptors (Lipinski definition) is 8. The van der Waals surface area contributed by atoms with Gasteiger partial charge in [-0.25, -0.2) is 9.59 Å². The van der Waals surface area contributed by atoms with E-state index < -0.39 is 23.3 Å². The van der Waals surface area contributed by atoms with Crippen molar-refractivity contribution >= 4 is 23.5 Å². The number of para-hydroxylation sites is 1. The molecule has 0 radical (unpaired) electrons. The second-order valence-corrected chi connectivity index (χ2v) is 6.37. The van der Waals surface area contributed by atoms with Crippen LogP contribution in [0, 0.1) is 0 Å². The highest BCUT2D eigenvalue weighted by molar-refractivity contribution is 6.21. The Bertz CT molecular complexity index is 935. The van der Waals surface area contributed by atoms with Gasteiger partial charge in [0.25, 0.3) is 0 Å². The third-order valence-corrected chi connectivity index (χ3v) is 4.74. The highest BCUT2D eigenvalue weighted by atomic mass is 16.6. The first-order valence-corrected chi connectivity index (χ1v) is 9.03. The van der Waals surface area contributed by atoms with Gasteiger partial charge < -0.3 is 30.0 Å². The first kappa shape index (κ1) is 20.4. The minimum Gasteiger partial charge on any atom is -0.462 e. The van der Waals surface area contributed by atoms with Crippen molar-refractivity contribution in [2.75, 3.05) is 32.2 Å². The number of amides is 1. The molecule has 0 unspecified atom stereocenters. The van der Waals surface area contributed by atoms with E-state index in [0.29, 0.717) is 11.3 Å². The maximum Gasteiger partial charge on any atom is 0.341 e. The number of fused-ring (bicyclic) bond motifs is 2. The zero-order valence-electron chi connectivity index (χ0n) is 16.4. The molecule has 0 saturated carbocycles. The molecule has 0 saturated heterocycles. The molecule has 0 bridgehead atoms. The predicted molar refractivity (Wildman–Crippen MR) is 101 cm³/mol. The Morgan fingerprint density at radius 2 is 1.83 bits per heavy atom. The normalized spacial score (nSPS) is 20.3. The highest BCUT2D eigenvalue weighted by Crippen LogP contribution is 2.52. The van der Waals surface area contributed by atoms with Crippen LogP contribution in [0.5, 0.6) is 0 Å². The van der Waals surface area contributed by atoms with Gasteiger partial charge in [0.1, 0.15) is 28.9 Å². The summed E-state index contributed by atoms with van der Waals surface area (Å²) >= 11 is 0. The van der Waals surface area contributed by atoms with Crippen LogP contribution in [-0.4, -0.2) is 44.8 Å². The highest BCUT2D eigenvalue weighted by Gasteiger charge is 2.61. The van der Waals surface area contributed by atoms with Crippen molar-refractivity contribution in [2.45, 2.75) is 19.3 Å². The average Bonchev–Trinajstić information content (AvgIpc) is 2.94. The predicted octanol–water partition coefficient (Wildman–Crippen LogP) is 1.10. The number of allylic oxidation sites excluding steroid dienone is 1. The van der Waals surface area contributed by atoms with Crippen LogP contribution in [0.3, 0.4) is 0 Å². The van der Waals surface area contributed by atoms with Crippen molar-refractivity contribution in [2.24, 2.45) is 5.73 Å². The number of rotatable bonds is 6. The molecule has 1 spiro atoms. The second-order valence-electron chi connectivity index (χ2n) is 6.37. The topological polar surface area (TPSA) is 126 Å². The monoisotopic (exact) mass is 402 g/mol. The van der Waals surface area contributed by atoms with Crippen LogP contribution in [0.25, 0.3) is 0 Å². The lowest BCUT2D eigenvalue weighted by Gasteiger charge is -2.35. The van der Waals surface area contributed by atoms with E-state index in [2.05, 4.69) is 5.32 Å². The van der Waals surface area contributed by atoms with Gasteiger partial charge in [-0.2, -0.15) is 0 Å². The largest absolute Gasteiger partial charge is 0.462 e. The molecule has 3 rings (SSSR count). The van der Waals surface area contributed by atoms with Gasteiger partial charge in [0.2, 0.25) is 11.8 Å². The fourth-order valence-corrected chi connectivity index (χ4v) is 3.64. The molecule has 1 amide bonds. The Hall–Kier alpha value is -3.33. The summed E-state index contributed by atoms with van der Waals surface area (Å²) in [7, 11) is 1.46. The number of nitrogens with one attached hydrogen (secondary N) is 1. The number of methoxy groups -OCH3 is 1. The number of carbonyl (C=O) groups excluding carboxylic acids is 3. The van der Waals surface area contributed by atoms with Crippen molar-refractivity contribution in [1.82, 2.24) is 0 Å². The third-order valence-electron chi connectivity index (χ3n) is 4.74. The summed E-state index contributed by atoms with van der Waals surface area (Å²) in [6.45, 7) is 3.27. The molecule has 154 valence electrons. The number of hydrogen-bond donors (Lipinski definition) is 2. The van der Waals surface area contributed by atoms with Crippen LogP contribution < -0.4 is 11.1 Å². The maximum atomic E-state index is 13.3. The lowest BCUT2D eigenvalue weighted by molar-refractivity contribution is -0.144. The molecule has 0 aromatic heterocycles. The minimum atomic E-state index is -1.85. The van der Waals surface area contributed by atoms with Crippen LogP contribution in [0.15, 0.2) is 47.1 Å². The van der Waals surface area contributed by atoms with E-state index >= 15 is 0 Å². The summed E-state index contributed by atoms with van der Waals surface area (Å²) in [5.74, 6) is -2.54. The lowest BCUT2D eigenvalue weighted by Crippen LogP contribution is -2.48. The van der Waals surface area contributed by atoms with Crippen LogP contribution >= 0.6 is 0 Å². The Morgan fingerprint density at radius 3 is 2.52 bits per heavy atom. The van der Waals surface area contributed by atoms with E-state index in [1.54, 1.807) is 31.2 Å². The molecule has 1 atom stereocenters. The Morgan fingerprint density at radius 1 is 1.14 bits per heavy atom. The molecule has 2 aliphatic heterocycles. The lowest BCUT2D eigenvalue weighted by atomic mass is 9.67. The molecule has 29 heavy (non-hydrogen) atoms. The van der Waals surface area contributed by atoms with Gasteiger partial charge in [-0.15, -0.1) is 0 Å². The smallest absolute Gasteiger partial charge is 0.341 e. The molecule has 0 fully saturated rings. The number of nitrogens with two attached hydrogens (primary N) is 1. The summed E-state index contributed by atoms with van der Waals surface area (Å²) in [5, 5.41) is 2.72. The molecule has 9 heteroatoms. The molecule has 2 heterocycles. The summed E-state index contributed by atoms with van der Waals surface area (Å²) in [5.41, 5.74) is 4.63. The van der Waals surface area contributed by atoms with Crippen LogP contribution in [0.1, 0.15) is 19.4 Å². The number of benzene rings is 1. The number of carbonyl (C=O) groups is 3. The van der Waals surface area contributed by atoms with E-state index in [0.717, 1.165) is 0 Å². The molecular formula is C20H22N2O7. The molecule has 0 aliphatic carbocycles. The molecule has 3 N–H and O–H groups in total. The average molecular weight is 402 g/mol. The van der Waals surface area contributed by atoms with E-state index in [1.165, 1.54) is 14.0 Å². The number of anilines is 1. The zero-order valence-corrected chi connectivity index (χ0v) is 16.4. The molecule has 9 nitrogen and oxygen atoms in total. The van der Waals surface area contributed by atoms with Crippen molar-refractivity contribution in [3.05, 3.63) is 52.6 Å². The van der Waals surface area contributed by atoms with E-state index in [9.17, 15) is 14.4 Å². The summed E-state index contributed by atoms with van der Waals surface area (Å²) in [6, 6.07) is 6.72.